The Bertz CT molecular complexity index is 1410. The summed E-state index contributed by atoms with van der Waals surface area (Å²) in [4.78, 5) is 8.19. The van der Waals surface area contributed by atoms with Crippen LogP contribution in [-0.4, -0.2) is 19.4 Å². The zero-order chi connectivity index (χ0) is 22.4. The predicted molar refractivity (Wildman–Crippen MR) is 124 cm³/mol. The fourth-order valence-corrected chi connectivity index (χ4v) is 4.74. The van der Waals surface area contributed by atoms with Gasteiger partial charge in [0.1, 0.15) is 0 Å². The number of pyridine rings is 1. The topological polar surface area (TPSA) is 107 Å². The molecule has 0 aliphatic rings. The number of rotatable bonds is 5. The molecule has 0 aliphatic heterocycles. The molecule has 0 atom stereocenters. The zero-order valence-corrected chi connectivity index (χ0v) is 17.8. The summed E-state index contributed by atoms with van der Waals surface area (Å²) >= 11 is 0. The first-order chi connectivity index (χ1) is 15.6. The van der Waals surface area contributed by atoms with Crippen LogP contribution in [0.25, 0.3) is 10.8 Å². The van der Waals surface area contributed by atoms with Crippen LogP contribution in [0.15, 0.2) is 106 Å². The van der Waals surface area contributed by atoms with Crippen LogP contribution in [0.3, 0.4) is 0 Å². The van der Waals surface area contributed by atoms with E-state index in [4.69, 9.17) is 5.26 Å². The summed E-state index contributed by atoms with van der Waals surface area (Å²) in [6.07, 6.45) is 5.01. The number of hydrogen-bond donors (Lipinski definition) is 2. The van der Waals surface area contributed by atoms with Gasteiger partial charge in [-0.2, -0.15) is 5.26 Å². The Morgan fingerprint density at radius 3 is 2.41 bits per heavy atom. The Balaban J connectivity index is 1.51. The fraction of sp³-hybridized carbons (Fsp3) is 0.0417. The van der Waals surface area contributed by atoms with E-state index in [1.807, 2.05) is 30.3 Å². The number of guanidine groups is 1. The van der Waals surface area contributed by atoms with Crippen molar-refractivity contribution in [3.05, 3.63) is 96.8 Å². The molecular weight excluding hydrogens is 422 g/mol. The molecule has 2 N–H and O–H groups in total. The van der Waals surface area contributed by atoms with Gasteiger partial charge in [-0.05, 0) is 41.3 Å². The van der Waals surface area contributed by atoms with Gasteiger partial charge in [0.05, 0.1) is 9.79 Å². The van der Waals surface area contributed by atoms with Crippen molar-refractivity contribution in [2.75, 3.05) is 5.32 Å². The highest BCUT2D eigenvalue weighted by Crippen LogP contribution is 2.28. The number of sulfone groups is 1. The van der Waals surface area contributed by atoms with E-state index < -0.39 is 9.84 Å². The number of anilines is 1. The monoisotopic (exact) mass is 441 g/mol. The van der Waals surface area contributed by atoms with Crippen molar-refractivity contribution in [1.82, 2.24) is 10.3 Å². The molecule has 0 fully saturated rings. The number of hydrogen-bond acceptors (Lipinski definition) is 5. The van der Waals surface area contributed by atoms with Crippen LogP contribution in [0.2, 0.25) is 0 Å². The molecule has 0 saturated heterocycles. The smallest absolute Gasteiger partial charge is 0.212 e. The third kappa shape index (κ3) is 4.58. The van der Waals surface area contributed by atoms with Gasteiger partial charge in [-0.25, -0.2) is 8.42 Å². The second kappa shape index (κ2) is 9.29. The second-order valence-electron chi connectivity index (χ2n) is 6.90. The van der Waals surface area contributed by atoms with E-state index in [2.05, 4.69) is 20.6 Å². The van der Waals surface area contributed by atoms with E-state index in [9.17, 15) is 8.42 Å². The van der Waals surface area contributed by atoms with Crippen molar-refractivity contribution in [1.29, 1.82) is 5.26 Å². The van der Waals surface area contributed by atoms with Crippen molar-refractivity contribution in [3.8, 4) is 6.19 Å². The second-order valence-corrected chi connectivity index (χ2v) is 8.82. The van der Waals surface area contributed by atoms with Crippen LogP contribution in [0.1, 0.15) is 5.56 Å². The molecule has 0 saturated carbocycles. The molecule has 7 nitrogen and oxygen atoms in total. The van der Waals surface area contributed by atoms with Gasteiger partial charge >= 0.3 is 0 Å². The predicted octanol–water partition coefficient (Wildman–Crippen LogP) is 4.11. The largest absolute Gasteiger partial charge is 0.351 e. The minimum absolute atomic E-state index is 0.221. The number of nitrogens with one attached hydrogen (secondary N) is 2. The summed E-state index contributed by atoms with van der Waals surface area (Å²) in [5.74, 6) is 0.283. The van der Waals surface area contributed by atoms with Gasteiger partial charge in [0.15, 0.2) is 0 Å². The molecule has 0 bridgehead atoms. The molecule has 0 amide bonds. The molecule has 158 valence electrons. The van der Waals surface area contributed by atoms with Crippen LogP contribution in [0, 0.1) is 11.5 Å². The Hall–Kier alpha value is -4.22. The molecule has 32 heavy (non-hydrogen) atoms. The zero-order valence-electron chi connectivity index (χ0n) is 16.9. The average Bonchev–Trinajstić information content (AvgIpc) is 2.83. The molecule has 1 heterocycles. The van der Waals surface area contributed by atoms with E-state index in [1.54, 1.807) is 67.1 Å². The first-order valence-corrected chi connectivity index (χ1v) is 11.3. The summed E-state index contributed by atoms with van der Waals surface area (Å²) in [6, 6.07) is 22.8. The van der Waals surface area contributed by atoms with Crippen molar-refractivity contribution < 1.29 is 8.42 Å². The maximum atomic E-state index is 13.2. The van der Waals surface area contributed by atoms with Gasteiger partial charge in [0.25, 0.3) is 0 Å². The third-order valence-corrected chi connectivity index (χ3v) is 6.67. The minimum Gasteiger partial charge on any atom is -0.351 e. The highest BCUT2D eigenvalue weighted by Gasteiger charge is 2.20. The standard InChI is InChI=1S/C24H19N5O2S/c25-17-28-24(29-20-12-14-26-15-13-20)27-16-18-8-10-21(11-9-18)32(30,31)23-7-3-5-19-4-1-2-6-22(19)23/h1-15H,16H2,(H2,26,27,28,29). The Kier molecular flexibility index (Phi) is 6.10. The molecular formula is C24H19N5O2S. The lowest BCUT2D eigenvalue weighted by molar-refractivity contribution is 0.597. The van der Waals surface area contributed by atoms with Gasteiger partial charge in [-0.15, -0.1) is 4.99 Å². The summed E-state index contributed by atoms with van der Waals surface area (Å²) < 4.78 is 26.5. The Labute approximate surface area is 186 Å². The number of nitrogens with zero attached hydrogens (tertiary/aromatic N) is 3. The summed E-state index contributed by atoms with van der Waals surface area (Å²) in [5.41, 5.74) is 1.57. The maximum Gasteiger partial charge on any atom is 0.212 e. The molecule has 8 heteroatoms. The lowest BCUT2D eigenvalue weighted by atomic mass is 10.1. The van der Waals surface area contributed by atoms with Crippen LogP contribution in [0.4, 0.5) is 5.69 Å². The Morgan fingerprint density at radius 2 is 1.66 bits per heavy atom. The molecule has 3 aromatic carbocycles. The minimum atomic E-state index is -3.67. The van der Waals surface area contributed by atoms with E-state index in [-0.39, 0.29) is 15.8 Å². The molecule has 4 rings (SSSR count). The maximum absolute atomic E-state index is 13.2. The SMILES string of the molecule is N#C/N=C(\NCc1ccc(S(=O)(=O)c2cccc3ccccc23)cc1)Nc1ccncc1. The lowest BCUT2D eigenvalue weighted by Crippen LogP contribution is -2.30. The summed E-state index contributed by atoms with van der Waals surface area (Å²) in [6.45, 7) is 0.354. The van der Waals surface area contributed by atoms with Crippen molar-refractivity contribution >= 4 is 32.3 Å². The van der Waals surface area contributed by atoms with Crippen molar-refractivity contribution in [2.45, 2.75) is 16.3 Å². The van der Waals surface area contributed by atoms with Crippen LogP contribution < -0.4 is 10.6 Å². The van der Waals surface area contributed by atoms with Gasteiger partial charge < -0.3 is 10.6 Å². The normalized spacial score (nSPS) is 11.7. The third-order valence-electron chi connectivity index (χ3n) is 4.84. The highest BCUT2D eigenvalue weighted by atomic mass is 32.2. The molecule has 0 aliphatic carbocycles. The average molecular weight is 442 g/mol. The number of benzene rings is 3. The molecule has 0 spiro atoms. The van der Waals surface area contributed by atoms with Crippen LogP contribution >= 0.6 is 0 Å². The molecule has 4 aromatic rings. The highest BCUT2D eigenvalue weighted by molar-refractivity contribution is 7.91. The molecule has 1 aromatic heterocycles. The van der Waals surface area contributed by atoms with Gasteiger partial charge in [-0.1, -0.05) is 48.5 Å². The van der Waals surface area contributed by atoms with Gasteiger partial charge in [0, 0.05) is 30.0 Å². The summed E-state index contributed by atoms with van der Waals surface area (Å²) in [7, 11) is -3.67. The van der Waals surface area contributed by atoms with Crippen LogP contribution in [0.5, 0.6) is 0 Å². The van der Waals surface area contributed by atoms with E-state index in [1.165, 1.54) is 0 Å². The number of nitriles is 1. The van der Waals surface area contributed by atoms with E-state index in [0.717, 1.165) is 16.6 Å². The first-order valence-electron chi connectivity index (χ1n) is 9.77. The van der Waals surface area contributed by atoms with Gasteiger partial charge in [0.2, 0.25) is 22.0 Å². The lowest BCUT2D eigenvalue weighted by Gasteiger charge is -2.12. The van der Waals surface area contributed by atoms with Crippen molar-refractivity contribution in [2.24, 2.45) is 4.99 Å². The van der Waals surface area contributed by atoms with E-state index >= 15 is 0 Å². The van der Waals surface area contributed by atoms with E-state index in [0.29, 0.717) is 11.9 Å². The Morgan fingerprint density at radius 1 is 0.938 bits per heavy atom. The molecule has 0 radical (unpaired) electrons. The van der Waals surface area contributed by atoms with Crippen LogP contribution in [-0.2, 0) is 16.4 Å². The van der Waals surface area contributed by atoms with Gasteiger partial charge in [-0.3, -0.25) is 4.98 Å². The first kappa shape index (κ1) is 21.0. The number of aliphatic imine (C=N–C) groups is 1. The quantitative estimate of drug-likeness (QED) is 0.274. The summed E-state index contributed by atoms with van der Waals surface area (Å²) in [5, 5.41) is 16.5. The fourth-order valence-electron chi connectivity index (χ4n) is 3.26. The number of fused-ring (bicyclic) bond motifs is 1. The molecule has 0 unspecified atom stereocenters. The number of aromatic nitrogens is 1. The van der Waals surface area contributed by atoms with Crippen molar-refractivity contribution in [3.63, 3.8) is 0 Å².